The lowest BCUT2D eigenvalue weighted by Crippen LogP contribution is -2.23. The molecule has 0 aliphatic carbocycles. The van der Waals surface area contributed by atoms with E-state index in [0.717, 1.165) is 0 Å². The van der Waals surface area contributed by atoms with Crippen LogP contribution in [0.4, 0.5) is 5.69 Å². The van der Waals surface area contributed by atoms with Crippen molar-refractivity contribution in [2.45, 2.75) is 13.0 Å². The highest BCUT2D eigenvalue weighted by molar-refractivity contribution is 5.53. The van der Waals surface area contributed by atoms with Crippen molar-refractivity contribution in [3.8, 4) is 11.8 Å². The van der Waals surface area contributed by atoms with Gasteiger partial charge in [0, 0.05) is 12.2 Å². The Morgan fingerprint density at radius 2 is 2.29 bits per heavy atom. The van der Waals surface area contributed by atoms with E-state index in [-0.39, 0.29) is 6.10 Å². The smallest absolute Gasteiger partial charge is 0.137 e. The second kappa shape index (κ2) is 4.49. The maximum atomic E-state index is 8.81. The second-order valence-corrected chi connectivity index (χ2v) is 3.03. The van der Waals surface area contributed by atoms with Gasteiger partial charge in [0.05, 0.1) is 5.56 Å². The third-order valence-electron chi connectivity index (χ3n) is 1.78. The molecule has 0 saturated carbocycles. The molecule has 0 aliphatic rings. The summed E-state index contributed by atoms with van der Waals surface area (Å²) in [5.74, 6) is 0.527. The summed E-state index contributed by atoms with van der Waals surface area (Å²) in [4.78, 5) is 0. The molecule has 1 atom stereocenters. The van der Waals surface area contributed by atoms with E-state index in [1.807, 2.05) is 13.0 Å². The maximum Gasteiger partial charge on any atom is 0.137 e. The standard InChI is InChI=1S/C10H13N3O/c1-7(5-11)14-10-3-2-9(13)4-8(10)6-12/h2-4,7H,5,11,13H2,1H3. The van der Waals surface area contributed by atoms with Crippen LogP contribution >= 0.6 is 0 Å². The highest BCUT2D eigenvalue weighted by Crippen LogP contribution is 2.21. The second-order valence-electron chi connectivity index (χ2n) is 3.03. The molecule has 0 saturated heterocycles. The van der Waals surface area contributed by atoms with E-state index < -0.39 is 0 Å². The number of nitriles is 1. The Labute approximate surface area is 83.1 Å². The monoisotopic (exact) mass is 191 g/mol. The maximum absolute atomic E-state index is 8.81. The molecule has 0 amide bonds. The minimum Gasteiger partial charge on any atom is -0.488 e. The van der Waals surface area contributed by atoms with Crippen molar-refractivity contribution in [1.29, 1.82) is 5.26 Å². The molecule has 0 radical (unpaired) electrons. The van der Waals surface area contributed by atoms with Gasteiger partial charge in [-0.1, -0.05) is 0 Å². The highest BCUT2D eigenvalue weighted by Gasteiger charge is 2.06. The summed E-state index contributed by atoms with van der Waals surface area (Å²) in [7, 11) is 0. The zero-order valence-corrected chi connectivity index (χ0v) is 8.03. The molecule has 0 bridgehead atoms. The lowest BCUT2D eigenvalue weighted by molar-refractivity contribution is 0.229. The molecule has 1 unspecified atom stereocenters. The predicted octanol–water partition coefficient (Wildman–Crippen LogP) is 0.866. The van der Waals surface area contributed by atoms with Crippen molar-refractivity contribution >= 4 is 5.69 Å². The minimum atomic E-state index is -0.106. The summed E-state index contributed by atoms with van der Waals surface area (Å²) < 4.78 is 5.44. The Balaban J connectivity index is 2.92. The zero-order valence-electron chi connectivity index (χ0n) is 8.03. The number of benzene rings is 1. The fourth-order valence-corrected chi connectivity index (χ4v) is 1.00. The molecular formula is C10H13N3O. The van der Waals surface area contributed by atoms with E-state index in [9.17, 15) is 0 Å². The Morgan fingerprint density at radius 1 is 1.57 bits per heavy atom. The molecule has 0 spiro atoms. The number of hydrogen-bond acceptors (Lipinski definition) is 4. The number of rotatable bonds is 3. The van der Waals surface area contributed by atoms with Crippen molar-refractivity contribution in [2.24, 2.45) is 5.73 Å². The topological polar surface area (TPSA) is 85.1 Å². The van der Waals surface area contributed by atoms with Gasteiger partial charge >= 0.3 is 0 Å². The number of nitrogens with zero attached hydrogens (tertiary/aromatic N) is 1. The quantitative estimate of drug-likeness (QED) is 0.694. The number of nitrogen functional groups attached to an aromatic ring is 1. The summed E-state index contributed by atoms with van der Waals surface area (Å²) in [5.41, 5.74) is 11.9. The van der Waals surface area contributed by atoms with Crippen LogP contribution in [0, 0.1) is 11.3 Å². The molecular weight excluding hydrogens is 178 g/mol. The van der Waals surface area contributed by atoms with Crippen LogP contribution in [0.3, 0.4) is 0 Å². The van der Waals surface area contributed by atoms with Gasteiger partial charge in [-0.15, -0.1) is 0 Å². The van der Waals surface area contributed by atoms with Gasteiger partial charge in [0.1, 0.15) is 17.9 Å². The Kier molecular flexibility index (Phi) is 3.32. The molecule has 14 heavy (non-hydrogen) atoms. The van der Waals surface area contributed by atoms with Crippen molar-refractivity contribution < 1.29 is 4.74 Å². The molecule has 0 heterocycles. The van der Waals surface area contributed by atoms with E-state index >= 15 is 0 Å². The summed E-state index contributed by atoms with van der Waals surface area (Å²) in [6.07, 6.45) is -0.106. The van der Waals surface area contributed by atoms with Gasteiger partial charge in [-0.25, -0.2) is 0 Å². The van der Waals surface area contributed by atoms with Crippen LogP contribution in [0.1, 0.15) is 12.5 Å². The first-order chi connectivity index (χ1) is 6.67. The Morgan fingerprint density at radius 3 is 2.86 bits per heavy atom. The van der Waals surface area contributed by atoms with Crippen molar-refractivity contribution in [3.63, 3.8) is 0 Å². The van der Waals surface area contributed by atoms with E-state index in [2.05, 4.69) is 0 Å². The van der Waals surface area contributed by atoms with Crippen molar-refractivity contribution in [1.82, 2.24) is 0 Å². The SMILES string of the molecule is CC(CN)Oc1ccc(N)cc1C#N. The minimum absolute atomic E-state index is 0.106. The third-order valence-corrected chi connectivity index (χ3v) is 1.78. The average molecular weight is 191 g/mol. The normalized spacial score (nSPS) is 11.8. The van der Waals surface area contributed by atoms with E-state index in [1.165, 1.54) is 0 Å². The third kappa shape index (κ3) is 2.38. The largest absolute Gasteiger partial charge is 0.488 e. The molecule has 4 heteroatoms. The zero-order chi connectivity index (χ0) is 10.6. The van der Waals surface area contributed by atoms with Gasteiger partial charge in [-0.2, -0.15) is 5.26 Å². The van der Waals surface area contributed by atoms with Crippen LogP contribution in [-0.4, -0.2) is 12.6 Å². The molecule has 0 aromatic heterocycles. The van der Waals surface area contributed by atoms with Crippen LogP contribution in [0.15, 0.2) is 18.2 Å². The van der Waals surface area contributed by atoms with E-state index in [0.29, 0.717) is 23.5 Å². The van der Waals surface area contributed by atoms with Gasteiger partial charge < -0.3 is 16.2 Å². The van der Waals surface area contributed by atoms with Crippen LogP contribution < -0.4 is 16.2 Å². The highest BCUT2D eigenvalue weighted by atomic mass is 16.5. The average Bonchev–Trinajstić information content (AvgIpc) is 2.20. The first-order valence-corrected chi connectivity index (χ1v) is 4.33. The fourth-order valence-electron chi connectivity index (χ4n) is 1.00. The van der Waals surface area contributed by atoms with Crippen LogP contribution in [-0.2, 0) is 0 Å². The fraction of sp³-hybridized carbons (Fsp3) is 0.300. The van der Waals surface area contributed by atoms with Crippen molar-refractivity contribution in [3.05, 3.63) is 23.8 Å². The molecule has 0 aliphatic heterocycles. The Bertz CT molecular complexity index is 357. The predicted molar refractivity (Wildman–Crippen MR) is 54.7 cm³/mol. The van der Waals surface area contributed by atoms with E-state index in [1.54, 1.807) is 18.2 Å². The molecule has 4 N–H and O–H groups in total. The molecule has 0 fully saturated rings. The summed E-state index contributed by atoms with van der Waals surface area (Å²) in [6.45, 7) is 2.26. The number of hydrogen-bond donors (Lipinski definition) is 2. The lowest BCUT2D eigenvalue weighted by Gasteiger charge is -2.13. The molecule has 1 aromatic rings. The van der Waals surface area contributed by atoms with Crippen LogP contribution in [0.2, 0.25) is 0 Å². The lowest BCUT2D eigenvalue weighted by atomic mass is 10.2. The van der Waals surface area contributed by atoms with Gasteiger partial charge in [-0.05, 0) is 25.1 Å². The first-order valence-electron chi connectivity index (χ1n) is 4.33. The van der Waals surface area contributed by atoms with Crippen LogP contribution in [0.5, 0.6) is 5.75 Å². The number of nitrogens with two attached hydrogens (primary N) is 2. The van der Waals surface area contributed by atoms with Gasteiger partial charge in [0.15, 0.2) is 0 Å². The van der Waals surface area contributed by atoms with Gasteiger partial charge in [-0.3, -0.25) is 0 Å². The summed E-state index contributed by atoms with van der Waals surface area (Å²) >= 11 is 0. The van der Waals surface area contributed by atoms with Gasteiger partial charge in [0.2, 0.25) is 0 Å². The summed E-state index contributed by atoms with van der Waals surface area (Å²) in [6, 6.07) is 6.98. The number of ether oxygens (including phenoxy) is 1. The number of anilines is 1. The van der Waals surface area contributed by atoms with Crippen molar-refractivity contribution in [2.75, 3.05) is 12.3 Å². The molecule has 74 valence electrons. The Hall–Kier alpha value is -1.73. The van der Waals surface area contributed by atoms with E-state index in [4.69, 9.17) is 21.5 Å². The molecule has 1 rings (SSSR count). The summed E-state index contributed by atoms with van der Waals surface area (Å²) in [5, 5.41) is 8.81. The molecule has 1 aromatic carbocycles. The first kappa shape index (κ1) is 10.4. The molecule has 4 nitrogen and oxygen atoms in total. The van der Waals surface area contributed by atoms with Gasteiger partial charge in [0.25, 0.3) is 0 Å². The van der Waals surface area contributed by atoms with Crippen LogP contribution in [0.25, 0.3) is 0 Å².